The molecule has 5 heteroatoms. The minimum atomic E-state index is -0.391. The van der Waals surface area contributed by atoms with Crippen LogP contribution in [0.1, 0.15) is 19.8 Å². The van der Waals surface area contributed by atoms with Gasteiger partial charge in [-0.25, -0.2) is 0 Å². The summed E-state index contributed by atoms with van der Waals surface area (Å²) in [5.41, 5.74) is 0.824. The molecule has 1 heterocycles. The smallest absolute Gasteiger partial charge is 0.249 e. The van der Waals surface area contributed by atoms with E-state index < -0.39 is 6.04 Å². The number of rotatable bonds is 3. The van der Waals surface area contributed by atoms with Crippen molar-refractivity contribution in [1.82, 2.24) is 4.90 Å². The van der Waals surface area contributed by atoms with Crippen molar-refractivity contribution in [2.24, 2.45) is 5.92 Å². The molecule has 5 nitrogen and oxygen atoms in total. The molecule has 2 aliphatic rings. The van der Waals surface area contributed by atoms with Crippen molar-refractivity contribution >= 4 is 17.5 Å². The van der Waals surface area contributed by atoms with E-state index in [1.165, 1.54) is 0 Å². The van der Waals surface area contributed by atoms with E-state index in [1.54, 1.807) is 16.9 Å². The van der Waals surface area contributed by atoms with Gasteiger partial charge in [-0.05, 0) is 31.9 Å². The van der Waals surface area contributed by atoms with Crippen molar-refractivity contribution < 1.29 is 14.3 Å². The van der Waals surface area contributed by atoms with E-state index in [-0.39, 0.29) is 17.7 Å². The molecule has 1 aromatic rings. The summed E-state index contributed by atoms with van der Waals surface area (Å²) in [5, 5.41) is 0. The van der Waals surface area contributed by atoms with Gasteiger partial charge >= 0.3 is 0 Å². The summed E-state index contributed by atoms with van der Waals surface area (Å²) in [5.74, 6) is 0.998. The molecule has 0 N–H and O–H groups in total. The SMILES string of the molecule is COc1cccc(N2CCN(C(=O)C3CC3)C(C)C2=O)c1. The van der Waals surface area contributed by atoms with Gasteiger partial charge in [0.05, 0.1) is 7.11 Å². The zero-order chi connectivity index (χ0) is 15.0. The average molecular weight is 288 g/mol. The number of hydrogen-bond donors (Lipinski definition) is 0. The molecule has 1 saturated heterocycles. The third kappa shape index (κ3) is 2.60. The van der Waals surface area contributed by atoms with Crippen LogP contribution in [0, 0.1) is 5.92 Å². The molecule has 1 unspecified atom stereocenters. The van der Waals surface area contributed by atoms with E-state index in [4.69, 9.17) is 4.74 Å². The molecule has 3 rings (SSSR count). The Labute approximate surface area is 124 Å². The molecule has 2 amide bonds. The molecule has 112 valence electrons. The van der Waals surface area contributed by atoms with Gasteiger partial charge in [0.15, 0.2) is 0 Å². The second kappa shape index (κ2) is 5.39. The predicted molar refractivity (Wildman–Crippen MR) is 79.2 cm³/mol. The topological polar surface area (TPSA) is 49.9 Å². The number of carbonyl (C=O) groups excluding carboxylic acids is 2. The molecular weight excluding hydrogens is 268 g/mol. The Morgan fingerprint density at radius 3 is 2.71 bits per heavy atom. The zero-order valence-electron chi connectivity index (χ0n) is 12.4. The monoisotopic (exact) mass is 288 g/mol. The molecule has 1 aliphatic carbocycles. The summed E-state index contributed by atoms with van der Waals surface area (Å²) in [4.78, 5) is 28.2. The third-order valence-corrected chi connectivity index (χ3v) is 4.23. The average Bonchev–Trinajstić information content (AvgIpc) is 3.34. The number of anilines is 1. The van der Waals surface area contributed by atoms with Crippen LogP contribution in [0.3, 0.4) is 0 Å². The summed E-state index contributed by atoms with van der Waals surface area (Å²) in [6.45, 7) is 2.95. The Balaban J connectivity index is 1.77. The molecule has 21 heavy (non-hydrogen) atoms. The van der Waals surface area contributed by atoms with Crippen LogP contribution in [0.15, 0.2) is 24.3 Å². The van der Waals surface area contributed by atoms with Crippen LogP contribution < -0.4 is 9.64 Å². The minimum Gasteiger partial charge on any atom is -0.497 e. The second-order valence-electron chi connectivity index (χ2n) is 5.67. The van der Waals surface area contributed by atoms with Gasteiger partial charge in [0.25, 0.3) is 0 Å². The van der Waals surface area contributed by atoms with E-state index in [0.717, 1.165) is 24.3 Å². The standard InChI is InChI=1S/C16H20N2O3/c1-11-15(19)18(13-4-3-5-14(10-13)21-2)9-8-17(11)16(20)12-6-7-12/h3-5,10-12H,6-9H2,1-2H3. The van der Waals surface area contributed by atoms with Gasteiger partial charge in [-0.3, -0.25) is 9.59 Å². The lowest BCUT2D eigenvalue weighted by atomic mass is 10.1. The van der Waals surface area contributed by atoms with E-state index in [1.807, 2.05) is 31.2 Å². The molecule has 1 aromatic carbocycles. The van der Waals surface area contributed by atoms with Crippen molar-refractivity contribution in [2.75, 3.05) is 25.1 Å². The van der Waals surface area contributed by atoms with Crippen molar-refractivity contribution in [1.29, 1.82) is 0 Å². The van der Waals surface area contributed by atoms with Crippen LogP contribution in [0.4, 0.5) is 5.69 Å². The van der Waals surface area contributed by atoms with Gasteiger partial charge in [0.2, 0.25) is 11.8 Å². The first kappa shape index (κ1) is 13.9. The van der Waals surface area contributed by atoms with Gasteiger partial charge in [0, 0.05) is 30.8 Å². The van der Waals surface area contributed by atoms with Gasteiger partial charge < -0.3 is 14.5 Å². The van der Waals surface area contributed by atoms with E-state index in [0.29, 0.717) is 13.1 Å². The van der Waals surface area contributed by atoms with Crippen molar-refractivity contribution in [3.8, 4) is 5.75 Å². The molecular formula is C16H20N2O3. The molecule has 1 saturated carbocycles. The van der Waals surface area contributed by atoms with Gasteiger partial charge in [-0.15, -0.1) is 0 Å². The number of nitrogens with zero attached hydrogens (tertiary/aromatic N) is 2. The number of ether oxygens (including phenoxy) is 1. The first-order chi connectivity index (χ1) is 10.1. The number of methoxy groups -OCH3 is 1. The fraction of sp³-hybridized carbons (Fsp3) is 0.500. The highest BCUT2D eigenvalue weighted by Gasteiger charge is 2.40. The molecule has 1 aliphatic heterocycles. The summed E-state index contributed by atoms with van der Waals surface area (Å²) in [6.07, 6.45) is 1.94. The highest BCUT2D eigenvalue weighted by molar-refractivity contribution is 6.00. The lowest BCUT2D eigenvalue weighted by Crippen LogP contribution is -2.58. The van der Waals surface area contributed by atoms with Crippen LogP contribution >= 0.6 is 0 Å². The fourth-order valence-electron chi connectivity index (χ4n) is 2.77. The number of piperazine rings is 1. The zero-order valence-corrected chi connectivity index (χ0v) is 12.4. The first-order valence-corrected chi connectivity index (χ1v) is 7.37. The van der Waals surface area contributed by atoms with E-state index >= 15 is 0 Å². The highest BCUT2D eigenvalue weighted by atomic mass is 16.5. The first-order valence-electron chi connectivity index (χ1n) is 7.37. The quantitative estimate of drug-likeness (QED) is 0.850. The summed E-state index contributed by atoms with van der Waals surface area (Å²) >= 11 is 0. The summed E-state index contributed by atoms with van der Waals surface area (Å²) < 4.78 is 5.20. The van der Waals surface area contributed by atoms with E-state index in [2.05, 4.69) is 0 Å². The summed E-state index contributed by atoms with van der Waals surface area (Å²) in [7, 11) is 1.61. The third-order valence-electron chi connectivity index (χ3n) is 4.23. The molecule has 0 radical (unpaired) electrons. The molecule has 1 atom stereocenters. The van der Waals surface area contributed by atoms with Crippen molar-refractivity contribution in [3.05, 3.63) is 24.3 Å². The number of benzene rings is 1. The van der Waals surface area contributed by atoms with Crippen LogP contribution in [-0.2, 0) is 9.59 Å². The normalized spacial score (nSPS) is 22.4. The van der Waals surface area contributed by atoms with Gasteiger partial charge in [0.1, 0.15) is 11.8 Å². The van der Waals surface area contributed by atoms with Crippen molar-refractivity contribution in [2.45, 2.75) is 25.8 Å². The number of hydrogen-bond acceptors (Lipinski definition) is 3. The Morgan fingerprint density at radius 1 is 1.29 bits per heavy atom. The van der Waals surface area contributed by atoms with Crippen molar-refractivity contribution in [3.63, 3.8) is 0 Å². The van der Waals surface area contributed by atoms with Gasteiger partial charge in [-0.2, -0.15) is 0 Å². The van der Waals surface area contributed by atoms with Crippen LogP contribution in [0.25, 0.3) is 0 Å². The van der Waals surface area contributed by atoms with Crippen LogP contribution in [0.2, 0.25) is 0 Å². The summed E-state index contributed by atoms with van der Waals surface area (Å²) in [6, 6.07) is 7.07. The van der Waals surface area contributed by atoms with Crippen LogP contribution in [0.5, 0.6) is 5.75 Å². The maximum atomic E-state index is 12.6. The number of carbonyl (C=O) groups is 2. The molecule has 2 fully saturated rings. The second-order valence-corrected chi connectivity index (χ2v) is 5.67. The van der Waals surface area contributed by atoms with Gasteiger partial charge in [-0.1, -0.05) is 6.07 Å². The maximum Gasteiger partial charge on any atom is 0.249 e. The highest BCUT2D eigenvalue weighted by Crippen LogP contribution is 2.33. The number of amides is 2. The molecule has 0 aromatic heterocycles. The maximum absolute atomic E-state index is 12.6. The molecule has 0 bridgehead atoms. The minimum absolute atomic E-state index is 0.0245. The van der Waals surface area contributed by atoms with Crippen LogP contribution in [-0.4, -0.2) is 43.0 Å². The largest absolute Gasteiger partial charge is 0.497 e. The van der Waals surface area contributed by atoms with E-state index in [9.17, 15) is 9.59 Å². The lowest BCUT2D eigenvalue weighted by molar-refractivity contribution is -0.141. The fourth-order valence-corrected chi connectivity index (χ4v) is 2.77. The Bertz CT molecular complexity index is 568. The Hall–Kier alpha value is -2.04. The Morgan fingerprint density at radius 2 is 2.05 bits per heavy atom. The lowest BCUT2D eigenvalue weighted by Gasteiger charge is -2.39. The molecule has 0 spiro atoms. The Kier molecular flexibility index (Phi) is 3.57. The predicted octanol–water partition coefficient (Wildman–Crippen LogP) is 1.67.